The molecule has 14 heavy (non-hydrogen) atoms. The van der Waals surface area contributed by atoms with Gasteiger partial charge in [0.2, 0.25) is 0 Å². The van der Waals surface area contributed by atoms with Gasteiger partial charge in [-0.15, -0.1) is 0 Å². The molecule has 0 saturated carbocycles. The molecule has 1 heterocycles. The van der Waals surface area contributed by atoms with Gasteiger partial charge in [-0.3, -0.25) is 0 Å². The highest BCUT2D eigenvalue weighted by Gasteiger charge is 2.11. The minimum absolute atomic E-state index is 0.0713. The fraction of sp³-hybridized carbons (Fsp3) is 0.556. The lowest BCUT2D eigenvalue weighted by molar-refractivity contribution is 0.457. The van der Waals surface area contributed by atoms with Gasteiger partial charge in [-0.1, -0.05) is 6.92 Å². The average Bonchev–Trinajstić information content (AvgIpc) is 2.21. The molecule has 0 aliphatic rings. The first-order valence-corrected chi connectivity index (χ1v) is 4.50. The number of halogens is 2. The van der Waals surface area contributed by atoms with Crippen LogP contribution in [0.2, 0.25) is 0 Å². The highest BCUT2D eigenvalue weighted by Crippen LogP contribution is 2.13. The summed E-state index contributed by atoms with van der Waals surface area (Å²) in [5.41, 5.74) is 0.341. The van der Waals surface area contributed by atoms with Crippen LogP contribution in [0.15, 0.2) is 6.33 Å². The molecule has 0 radical (unpaired) electrons. The molecule has 0 fully saturated rings. The van der Waals surface area contributed by atoms with Crippen molar-refractivity contribution in [1.82, 2.24) is 9.97 Å². The van der Waals surface area contributed by atoms with E-state index in [9.17, 15) is 8.78 Å². The standard InChI is InChI=1S/C9H13F2N3/c1-3-7-8(11)9(13-5-12-7)14-6(2)4-10/h5-6H,3-4H2,1-2H3,(H,12,13,14)/t6-/m0/s1. The minimum Gasteiger partial charge on any atom is -0.362 e. The van der Waals surface area contributed by atoms with E-state index in [-0.39, 0.29) is 5.82 Å². The Morgan fingerprint density at radius 1 is 1.50 bits per heavy atom. The number of nitrogens with one attached hydrogen (secondary N) is 1. The average molecular weight is 201 g/mol. The monoisotopic (exact) mass is 201 g/mol. The van der Waals surface area contributed by atoms with Crippen LogP contribution in [-0.4, -0.2) is 22.7 Å². The maximum absolute atomic E-state index is 13.5. The second-order valence-electron chi connectivity index (χ2n) is 3.04. The first-order valence-electron chi connectivity index (χ1n) is 4.50. The van der Waals surface area contributed by atoms with E-state index in [1.807, 2.05) is 0 Å². The molecule has 1 rings (SSSR count). The number of rotatable bonds is 4. The zero-order valence-corrected chi connectivity index (χ0v) is 8.22. The van der Waals surface area contributed by atoms with Gasteiger partial charge >= 0.3 is 0 Å². The van der Waals surface area contributed by atoms with Crippen LogP contribution in [-0.2, 0) is 6.42 Å². The van der Waals surface area contributed by atoms with Gasteiger partial charge in [0, 0.05) is 0 Å². The van der Waals surface area contributed by atoms with Gasteiger partial charge in [0.1, 0.15) is 13.0 Å². The molecule has 5 heteroatoms. The largest absolute Gasteiger partial charge is 0.362 e. The number of aromatic nitrogens is 2. The molecule has 0 amide bonds. The fourth-order valence-corrected chi connectivity index (χ4v) is 1.03. The summed E-state index contributed by atoms with van der Waals surface area (Å²) in [5, 5.41) is 2.63. The second-order valence-corrected chi connectivity index (χ2v) is 3.04. The molecular weight excluding hydrogens is 188 g/mol. The zero-order valence-electron chi connectivity index (χ0n) is 8.22. The van der Waals surface area contributed by atoms with Crippen molar-refractivity contribution in [3.8, 4) is 0 Å². The molecule has 0 bridgehead atoms. The Balaban J connectivity index is 2.86. The number of anilines is 1. The molecule has 0 saturated heterocycles. The van der Waals surface area contributed by atoms with Crippen LogP contribution in [0.4, 0.5) is 14.6 Å². The second kappa shape index (κ2) is 4.83. The number of alkyl halides is 1. The van der Waals surface area contributed by atoms with Gasteiger partial charge in [0.15, 0.2) is 11.6 Å². The van der Waals surface area contributed by atoms with Crippen LogP contribution in [0.25, 0.3) is 0 Å². The van der Waals surface area contributed by atoms with Crippen LogP contribution in [0.1, 0.15) is 19.5 Å². The van der Waals surface area contributed by atoms with E-state index in [1.54, 1.807) is 13.8 Å². The Hall–Kier alpha value is -1.26. The normalized spacial score (nSPS) is 12.6. The van der Waals surface area contributed by atoms with Gasteiger partial charge < -0.3 is 5.32 Å². The van der Waals surface area contributed by atoms with Crippen molar-refractivity contribution in [2.24, 2.45) is 0 Å². The first-order chi connectivity index (χ1) is 6.69. The predicted molar refractivity (Wildman–Crippen MR) is 50.4 cm³/mol. The molecule has 1 N–H and O–H groups in total. The van der Waals surface area contributed by atoms with Crippen molar-refractivity contribution < 1.29 is 8.78 Å². The summed E-state index contributed by atoms with van der Waals surface area (Å²) in [5.74, 6) is -0.419. The van der Waals surface area contributed by atoms with E-state index in [1.165, 1.54) is 6.33 Å². The lowest BCUT2D eigenvalue weighted by Crippen LogP contribution is -2.19. The topological polar surface area (TPSA) is 37.8 Å². The quantitative estimate of drug-likeness (QED) is 0.809. The van der Waals surface area contributed by atoms with Crippen LogP contribution in [0.3, 0.4) is 0 Å². The molecule has 0 aliphatic carbocycles. The number of nitrogens with zero attached hydrogens (tertiary/aromatic N) is 2. The molecule has 0 aliphatic heterocycles. The van der Waals surface area contributed by atoms with Gasteiger partial charge in [-0.25, -0.2) is 18.7 Å². The fourth-order valence-electron chi connectivity index (χ4n) is 1.03. The maximum Gasteiger partial charge on any atom is 0.186 e. The molecule has 0 spiro atoms. The predicted octanol–water partition coefficient (Wildman–Crippen LogP) is 1.95. The lowest BCUT2D eigenvalue weighted by atomic mass is 10.3. The van der Waals surface area contributed by atoms with Crippen molar-refractivity contribution in [3.63, 3.8) is 0 Å². The van der Waals surface area contributed by atoms with Crippen LogP contribution in [0.5, 0.6) is 0 Å². The van der Waals surface area contributed by atoms with E-state index in [0.717, 1.165) is 0 Å². The SMILES string of the molecule is CCc1ncnc(N[C@@H](C)CF)c1F. The highest BCUT2D eigenvalue weighted by molar-refractivity contribution is 5.38. The third-order valence-corrected chi connectivity index (χ3v) is 1.81. The molecule has 0 unspecified atom stereocenters. The maximum atomic E-state index is 13.5. The third-order valence-electron chi connectivity index (χ3n) is 1.81. The summed E-state index contributed by atoms with van der Waals surface area (Å²) in [6.07, 6.45) is 1.77. The van der Waals surface area contributed by atoms with Gasteiger partial charge in [-0.05, 0) is 13.3 Å². The molecule has 1 atom stereocenters. The van der Waals surface area contributed by atoms with Crippen LogP contribution < -0.4 is 5.32 Å². The molecular formula is C9H13F2N3. The minimum atomic E-state index is -0.565. The summed E-state index contributed by atoms with van der Waals surface area (Å²) in [6.45, 7) is 2.85. The van der Waals surface area contributed by atoms with Crippen LogP contribution >= 0.6 is 0 Å². The Bertz CT molecular complexity index is 304. The summed E-state index contributed by atoms with van der Waals surface area (Å²) in [7, 11) is 0. The molecule has 3 nitrogen and oxygen atoms in total. The van der Waals surface area contributed by atoms with Crippen molar-refractivity contribution in [1.29, 1.82) is 0 Å². The summed E-state index contributed by atoms with van der Waals surface area (Å²) < 4.78 is 25.6. The lowest BCUT2D eigenvalue weighted by Gasteiger charge is -2.11. The van der Waals surface area contributed by atoms with E-state index in [0.29, 0.717) is 12.1 Å². The molecule has 0 aromatic carbocycles. The van der Waals surface area contributed by atoms with E-state index >= 15 is 0 Å². The highest BCUT2D eigenvalue weighted by atomic mass is 19.1. The summed E-state index contributed by atoms with van der Waals surface area (Å²) in [6, 6.07) is -0.441. The van der Waals surface area contributed by atoms with E-state index in [2.05, 4.69) is 15.3 Å². The summed E-state index contributed by atoms with van der Waals surface area (Å²) >= 11 is 0. The van der Waals surface area contributed by atoms with Gasteiger partial charge in [0.25, 0.3) is 0 Å². The number of hydrogen-bond donors (Lipinski definition) is 1. The van der Waals surface area contributed by atoms with Crippen LogP contribution in [0, 0.1) is 5.82 Å². The smallest absolute Gasteiger partial charge is 0.186 e. The third kappa shape index (κ3) is 2.37. The Morgan fingerprint density at radius 3 is 2.79 bits per heavy atom. The number of hydrogen-bond acceptors (Lipinski definition) is 3. The van der Waals surface area contributed by atoms with Crippen molar-refractivity contribution in [3.05, 3.63) is 17.8 Å². The van der Waals surface area contributed by atoms with Crippen molar-refractivity contribution in [2.45, 2.75) is 26.3 Å². The van der Waals surface area contributed by atoms with Crippen molar-refractivity contribution >= 4 is 5.82 Å². The van der Waals surface area contributed by atoms with Gasteiger partial charge in [-0.2, -0.15) is 0 Å². The number of aryl methyl sites for hydroxylation is 1. The van der Waals surface area contributed by atoms with Crippen molar-refractivity contribution in [2.75, 3.05) is 12.0 Å². The zero-order chi connectivity index (χ0) is 10.6. The molecule has 1 aromatic rings. The Labute approximate surface area is 81.6 Å². The van der Waals surface area contributed by atoms with E-state index < -0.39 is 18.5 Å². The molecule has 78 valence electrons. The molecule has 1 aromatic heterocycles. The van der Waals surface area contributed by atoms with Gasteiger partial charge in [0.05, 0.1) is 11.7 Å². The van der Waals surface area contributed by atoms with E-state index in [4.69, 9.17) is 0 Å². The Kier molecular flexibility index (Phi) is 3.73. The Morgan fingerprint density at radius 2 is 2.21 bits per heavy atom. The first kappa shape index (κ1) is 10.8. The summed E-state index contributed by atoms with van der Waals surface area (Å²) in [4.78, 5) is 7.48.